The van der Waals surface area contributed by atoms with E-state index in [-0.39, 0.29) is 24.8 Å². The van der Waals surface area contributed by atoms with Crippen LogP contribution in [0.4, 0.5) is 4.39 Å². The number of hydrogen-bond acceptors (Lipinski definition) is 4. The molecule has 0 aromatic heterocycles. The van der Waals surface area contributed by atoms with E-state index < -0.39 is 6.10 Å². The Kier molecular flexibility index (Phi) is 6.14. The number of ether oxygens (including phenoxy) is 2. The van der Waals surface area contributed by atoms with E-state index >= 15 is 0 Å². The third-order valence-electron chi connectivity index (χ3n) is 2.40. The van der Waals surface area contributed by atoms with Crippen LogP contribution in [0.25, 0.3) is 0 Å². The Morgan fingerprint density at radius 1 is 1.39 bits per heavy atom. The number of methoxy groups -OCH3 is 1. The zero-order valence-electron chi connectivity index (χ0n) is 10.3. The summed E-state index contributed by atoms with van der Waals surface area (Å²) in [6.45, 7) is 0.118. The molecule has 0 aliphatic rings. The van der Waals surface area contributed by atoms with Crippen LogP contribution in [0.2, 0.25) is 0 Å². The molecule has 1 N–H and O–H groups in total. The van der Waals surface area contributed by atoms with E-state index in [2.05, 4.69) is 4.74 Å². The molecule has 100 valence electrons. The Morgan fingerprint density at radius 2 is 2.06 bits per heavy atom. The van der Waals surface area contributed by atoms with Gasteiger partial charge in [0, 0.05) is 6.42 Å². The monoisotopic (exact) mass is 256 g/mol. The summed E-state index contributed by atoms with van der Waals surface area (Å²) in [4.78, 5) is 10.8. The molecule has 18 heavy (non-hydrogen) atoms. The minimum Gasteiger partial charge on any atom is -0.491 e. The van der Waals surface area contributed by atoms with Gasteiger partial charge in [-0.25, -0.2) is 4.39 Å². The summed E-state index contributed by atoms with van der Waals surface area (Å²) in [6, 6.07) is 5.57. The normalized spacial score (nSPS) is 11.9. The topological polar surface area (TPSA) is 55.8 Å². The fourth-order valence-electron chi connectivity index (χ4n) is 1.39. The average molecular weight is 256 g/mol. The Morgan fingerprint density at radius 3 is 2.67 bits per heavy atom. The smallest absolute Gasteiger partial charge is 0.305 e. The fraction of sp³-hybridized carbons (Fsp3) is 0.462. The maximum absolute atomic E-state index is 12.6. The van der Waals surface area contributed by atoms with Gasteiger partial charge >= 0.3 is 5.97 Å². The molecule has 0 unspecified atom stereocenters. The minimum absolute atomic E-state index is 0.118. The summed E-state index contributed by atoms with van der Waals surface area (Å²) in [5.74, 6) is -0.119. The number of esters is 1. The number of hydrogen-bond donors (Lipinski definition) is 1. The van der Waals surface area contributed by atoms with Gasteiger partial charge in [0.05, 0.1) is 13.2 Å². The lowest BCUT2D eigenvalue weighted by Gasteiger charge is -2.11. The second-order valence-corrected chi connectivity index (χ2v) is 3.89. The van der Waals surface area contributed by atoms with Crippen molar-refractivity contribution in [3.8, 4) is 5.75 Å². The molecule has 1 aromatic rings. The summed E-state index contributed by atoms with van der Waals surface area (Å²) in [6.07, 6.45) is 0.626. The highest BCUT2D eigenvalue weighted by Crippen LogP contribution is 2.12. The van der Waals surface area contributed by atoms with Crippen LogP contribution in [0, 0.1) is 5.82 Å². The SMILES string of the molecule is COC(=O)CCC[C@H](O)COc1ccc(F)cc1. The van der Waals surface area contributed by atoms with Crippen molar-refractivity contribution in [1.82, 2.24) is 0 Å². The standard InChI is InChI=1S/C13H17FO4/c1-17-13(16)4-2-3-11(15)9-18-12-7-5-10(14)6-8-12/h5-8,11,15H,2-4,9H2,1H3/t11-/m0/s1. The number of carbonyl (C=O) groups excluding carboxylic acids is 1. The van der Waals surface area contributed by atoms with E-state index in [0.717, 1.165) is 0 Å². The van der Waals surface area contributed by atoms with E-state index in [4.69, 9.17) is 4.74 Å². The second kappa shape index (κ2) is 7.66. The van der Waals surface area contributed by atoms with Gasteiger partial charge in [0.1, 0.15) is 18.2 Å². The summed E-state index contributed by atoms with van der Waals surface area (Å²) in [5, 5.41) is 9.60. The van der Waals surface area contributed by atoms with Crippen LogP contribution in [0.3, 0.4) is 0 Å². The van der Waals surface area contributed by atoms with Gasteiger partial charge in [0.15, 0.2) is 0 Å². The average Bonchev–Trinajstić information content (AvgIpc) is 2.38. The molecule has 1 aromatic carbocycles. The first kappa shape index (κ1) is 14.4. The lowest BCUT2D eigenvalue weighted by molar-refractivity contribution is -0.140. The molecule has 0 spiro atoms. The number of aliphatic hydroxyl groups is 1. The maximum atomic E-state index is 12.6. The predicted molar refractivity (Wildman–Crippen MR) is 63.8 cm³/mol. The lowest BCUT2D eigenvalue weighted by atomic mass is 10.1. The molecular weight excluding hydrogens is 239 g/mol. The molecular formula is C13H17FO4. The highest BCUT2D eigenvalue weighted by molar-refractivity contribution is 5.68. The maximum Gasteiger partial charge on any atom is 0.305 e. The largest absolute Gasteiger partial charge is 0.491 e. The van der Waals surface area contributed by atoms with Crippen LogP contribution in [0.15, 0.2) is 24.3 Å². The molecule has 0 saturated carbocycles. The van der Waals surface area contributed by atoms with E-state index in [1.165, 1.54) is 31.4 Å². The quantitative estimate of drug-likeness (QED) is 0.757. The summed E-state index contributed by atoms with van der Waals surface area (Å²) < 4.78 is 22.4. The van der Waals surface area contributed by atoms with Crippen LogP contribution >= 0.6 is 0 Å². The Balaban J connectivity index is 2.18. The van der Waals surface area contributed by atoms with Crippen LogP contribution in [0.5, 0.6) is 5.75 Å². The van der Waals surface area contributed by atoms with E-state index in [0.29, 0.717) is 18.6 Å². The highest BCUT2D eigenvalue weighted by atomic mass is 19.1. The molecule has 1 atom stereocenters. The molecule has 0 saturated heterocycles. The molecule has 0 amide bonds. The molecule has 0 fully saturated rings. The number of halogens is 1. The van der Waals surface area contributed by atoms with Gasteiger partial charge in [0.2, 0.25) is 0 Å². The Labute approximate surface area is 105 Å². The number of carbonyl (C=O) groups is 1. The fourth-order valence-corrected chi connectivity index (χ4v) is 1.39. The van der Waals surface area contributed by atoms with Crippen molar-refractivity contribution in [3.05, 3.63) is 30.1 Å². The lowest BCUT2D eigenvalue weighted by Crippen LogP contribution is -2.17. The van der Waals surface area contributed by atoms with Crippen molar-refractivity contribution in [2.24, 2.45) is 0 Å². The first-order chi connectivity index (χ1) is 8.61. The van der Waals surface area contributed by atoms with Gasteiger partial charge in [-0.05, 0) is 37.1 Å². The predicted octanol–water partition coefficient (Wildman–Crippen LogP) is 1.91. The van der Waals surface area contributed by atoms with Gasteiger partial charge in [-0.15, -0.1) is 0 Å². The Hall–Kier alpha value is -1.62. The summed E-state index contributed by atoms with van der Waals surface area (Å²) in [7, 11) is 1.33. The van der Waals surface area contributed by atoms with Crippen LogP contribution in [-0.4, -0.2) is 30.9 Å². The third-order valence-corrected chi connectivity index (χ3v) is 2.40. The van der Waals surface area contributed by atoms with E-state index in [9.17, 15) is 14.3 Å². The van der Waals surface area contributed by atoms with Crippen molar-refractivity contribution in [3.63, 3.8) is 0 Å². The number of benzene rings is 1. The third kappa shape index (κ3) is 5.63. The first-order valence-corrected chi connectivity index (χ1v) is 5.75. The number of rotatable bonds is 7. The van der Waals surface area contributed by atoms with Gasteiger partial charge in [-0.1, -0.05) is 0 Å². The van der Waals surface area contributed by atoms with Crippen LogP contribution in [0.1, 0.15) is 19.3 Å². The zero-order chi connectivity index (χ0) is 13.4. The van der Waals surface area contributed by atoms with Crippen molar-refractivity contribution in [2.75, 3.05) is 13.7 Å². The molecule has 0 radical (unpaired) electrons. The molecule has 0 aliphatic heterocycles. The second-order valence-electron chi connectivity index (χ2n) is 3.89. The molecule has 5 heteroatoms. The van der Waals surface area contributed by atoms with E-state index in [1.807, 2.05) is 0 Å². The van der Waals surface area contributed by atoms with Crippen molar-refractivity contribution >= 4 is 5.97 Å². The van der Waals surface area contributed by atoms with Crippen molar-refractivity contribution in [1.29, 1.82) is 0 Å². The number of aliphatic hydroxyl groups excluding tert-OH is 1. The molecule has 1 rings (SSSR count). The molecule has 0 aliphatic carbocycles. The van der Waals surface area contributed by atoms with Gasteiger partial charge < -0.3 is 14.6 Å². The minimum atomic E-state index is -0.653. The molecule has 0 heterocycles. The van der Waals surface area contributed by atoms with Gasteiger partial charge in [0.25, 0.3) is 0 Å². The highest BCUT2D eigenvalue weighted by Gasteiger charge is 2.07. The van der Waals surface area contributed by atoms with Crippen molar-refractivity contribution < 1.29 is 23.8 Å². The zero-order valence-corrected chi connectivity index (χ0v) is 10.3. The molecule has 0 bridgehead atoms. The first-order valence-electron chi connectivity index (χ1n) is 5.75. The Bertz CT molecular complexity index is 364. The van der Waals surface area contributed by atoms with Crippen molar-refractivity contribution in [2.45, 2.75) is 25.4 Å². The van der Waals surface area contributed by atoms with Crippen LogP contribution in [-0.2, 0) is 9.53 Å². The van der Waals surface area contributed by atoms with Crippen LogP contribution < -0.4 is 4.74 Å². The van der Waals surface area contributed by atoms with Gasteiger partial charge in [-0.2, -0.15) is 0 Å². The summed E-state index contributed by atoms with van der Waals surface area (Å²) in [5.41, 5.74) is 0. The van der Waals surface area contributed by atoms with E-state index in [1.54, 1.807) is 0 Å². The summed E-state index contributed by atoms with van der Waals surface area (Å²) >= 11 is 0. The molecule has 4 nitrogen and oxygen atoms in total. The van der Waals surface area contributed by atoms with Gasteiger partial charge in [-0.3, -0.25) is 4.79 Å².